The number of rotatable bonds is 3. The first-order chi connectivity index (χ1) is 8.63. The second kappa shape index (κ2) is 5.43. The maximum atomic E-state index is 9.16. The average Bonchev–Trinajstić information content (AvgIpc) is 2.62. The molecule has 1 fully saturated rings. The van der Waals surface area contributed by atoms with Crippen LogP contribution in [0.4, 0.5) is 5.82 Å². The van der Waals surface area contributed by atoms with Crippen molar-refractivity contribution in [3.63, 3.8) is 0 Å². The first-order valence-electron chi connectivity index (χ1n) is 6.81. The molecule has 2 atom stereocenters. The van der Waals surface area contributed by atoms with Crippen molar-refractivity contribution < 1.29 is 0 Å². The summed E-state index contributed by atoms with van der Waals surface area (Å²) in [7, 11) is 1.89. The van der Waals surface area contributed by atoms with Gasteiger partial charge in [-0.1, -0.05) is 26.2 Å². The molecule has 0 aliphatic heterocycles. The molecule has 1 aliphatic rings. The first-order valence-corrected chi connectivity index (χ1v) is 6.81. The molecule has 0 spiro atoms. The van der Waals surface area contributed by atoms with Gasteiger partial charge in [0.2, 0.25) is 0 Å². The molecule has 1 N–H and O–H groups in total. The highest BCUT2D eigenvalue weighted by molar-refractivity contribution is 5.54. The van der Waals surface area contributed by atoms with E-state index in [9.17, 15) is 0 Å². The largest absolute Gasteiger partial charge is 0.369 e. The second-order valence-electron chi connectivity index (χ2n) is 5.45. The molecule has 1 aliphatic carbocycles. The van der Waals surface area contributed by atoms with Gasteiger partial charge in [-0.15, -0.1) is 0 Å². The van der Waals surface area contributed by atoms with E-state index in [4.69, 9.17) is 5.26 Å². The van der Waals surface area contributed by atoms with Gasteiger partial charge in [-0.25, -0.2) is 0 Å². The molecule has 0 saturated heterocycles. The van der Waals surface area contributed by atoms with Crippen LogP contribution in [0, 0.1) is 30.1 Å². The van der Waals surface area contributed by atoms with Crippen LogP contribution in [0.2, 0.25) is 0 Å². The Balaban J connectivity index is 2.04. The molecule has 4 nitrogen and oxygen atoms in total. The summed E-state index contributed by atoms with van der Waals surface area (Å²) in [5, 5.41) is 16.9. The lowest BCUT2D eigenvalue weighted by molar-refractivity contribution is 0.268. The predicted octanol–water partition coefficient (Wildman–Crippen LogP) is 2.84. The number of hydrogen-bond donors (Lipinski definition) is 1. The van der Waals surface area contributed by atoms with E-state index >= 15 is 0 Å². The number of anilines is 1. The van der Waals surface area contributed by atoms with E-state index in [2.05, 4.69) is 23.4 Å². The zero-order valence-electron chi connectivity index (χ0n) is 11.5. The molecule has 2 unspecified atom stereocenters. The summed E-state index contributed by atoms with van der Waals surface area (Å²) < 4.78 is 1.78. The lowest BCUT2D eigenvalue weighted by Crippen LogP contribution is -2.25. The average molecular weight is 246 g/mol. The van der Waals surface area contributed by atoms with E-state index < -0.39 is 0 Å². The summed E-state index contributed by atoms with van der Waals surface area (Å²) in [6, 6.07) is 2.24. The van der Waals surface area contributed by atoms with Crippen molar-refractivity contribution in [1.82, 2.24) is 9.78 Å². The molecular weight excluding hydrogens is 224 g/mol. The van der Waals surface area contributed by atoms with Crippen molar-refractivity contribution in [2.45, 2.75) is 39.5 Å². The summed E-state index contributed by atoms with van der Waals surface area (Å²) in [6.45, 7) is 5.17. The number of nitrogens with one attached hydrogen (secondary N) is 1. The minimum atomic E-state index is 0.681. The smallest absolute Gasteiger partial charge is 0.142 e. The summed E-state index contributed by atoms with van der Waals surface area (Å²) >= 11 is 0. The van der Waals surface area contributed by atoms with Gasteiger partial charge < -0.3 is 5.32 Å². The standard InChI is InChI=1S/C14H22N4/c1-10-6-4-5-7-12(10)9-16-14-13(8-15)11(2)17-18(14)3/h10,12,16H,4-7,9H2,1-3H3. The van der Waals surface area contributed by atoms with Gasteiger partial charge in [-0.2, -0.15) is 10.4 Å². The van der Waals surface area contributed by atoms with Gasteiger partial charge in [-0.3, -0.25) is 4.68 Å². The number of nitrogens with zero attached hydrogens (tertiary/aromatic N) is 3. The third kappa shape index (κ3) is 2.50. The lowest BCUT2D eigenvalue weighted by atomic mass is 9.80. The zero-order chi connectivity index (χ0) is 13.1. The van der Waals surface area contributed by atoms with Crippen molar-refractivity contribution in [1.29, 1.82) is 5.26 Å². The molecule has 1 aromatic heterocycles. The van der Waals surface area contributed by atoms with Crippen LogP contribution in [0.15, 0.2) is 0 Å². The quantitative estimate of drug-likeness (QED) is 0.892. The Morgan fingerprint density at radius 3 is 2.83 bits per heavy atom. The number of hydrogen-bond acceptors (Lipinski definition) is 3. The Labute approximate surface area is 109 Å². The molecule has 98 valence electrons. The Hall–Kier alpha value is -1.50. The van der Waals surface area contributed by atoms with E-state index in [1.54, 1.807) is 4.68 Å². The molecule has 0 bridgehead atoms. The van der Waals surface area contributed by atoms with Crippen LogP contribution in [0.1, 0.15) is 43.9 Å². The Bertz CT molecular complexity index is 455. The molecule has 0 radical (unpaired) electrons. The van der Waals surface area contributed by atoms with Crippen LogP contribution in [0.25, 0.3) is 0 Å². The molecular formula is C14H22N4. The van der Waals surface area contributed by atoms with E-state index in [1.807, 2.05) is 14.0 Å². The number of aryl methyl sites for hydroxylation is 2. The Morgan fingerprint density at radius 1 is 1.44 bits per heavy atom. The predicted molar refractivity (Wildman–Crippen MR) is 72.3 cm³/mol. The van der Waals surface area contributed by atoms with Gasteiger partial charge in [0.15, 0.2) is 0 Å². The SMILES string of the molecule is Cc1nn(C)c(NCC2CCCCC2C)c1C#N. The molecule has 4 heteroatoms. The number of aromatic nitrogens is 2. The minimum absolute atomic E-state index is 0.681. The zero-order valence-corrected chi connectivity index (χ0v) is 11.5. The molecule has 0 amide bonds. The van der Waals surface area contributed by atoms with E-state index in [0.29, 0.717) is 5.56 Å². The molecule has 18 heavy (non-hydrogen) atoms. The van der Waals surface area contributed by atoms with Gasteiger partial charge in [0.25, 0.3) is 0 Å². The Kier molecular flexibility index (Phi) is 3.90. The second-order valence-corrected chi connectivity index (χ2v) is 5.45. The van der Waals surface area contributed by atoms with E-state index in [1.165, 1.54) is 25.7 Å². The van der Waals surface area contributed by atoms with Crippen LogP contribution < -0.4 is 5.32 Å². The number of nitriles is 1. The highest BCUT2D eigenvalue weighted by Gasteiger charge is 2.22. The van der Waals surface area contributed by atoms with Crippen LogP contribution in [-0.4, -0.2) is 16.3 Å². The molecule has 1 heterocycles. The van der Waals surface area contributed by atoms with Gasteiger partial charge in [0.1, 0.15) is 17.5 Å². The minimum Gasteiger partial charge on any atom is -0.369 e. The fraction of sp³-hybridized carbons (Fsp3) is 0.714. The van der Waals surface area contributed by atoms with Crippen molar-refractivity contribution in [3.8, 4) is 6.07 Å². The molecule has 2 rings (SSSR count). The van der Waals surface area contributed by atoms with Crippen LogP contribution in [0.5, 0.6) is 0 Å². The highest BCUT2D eigenvalue weighted by Crippen LogP contribution is 2.30. The summed E-state index contributed by atoms with van der Waals surface area (Å²) in [5.74, 6) is 2.37. The third-order valence-electron chi connectivity index (χ3n) is 4.15. The monoisotopic (exact) mass is 246 g/mol. The Morgan fingerprint density at radius 2 is 2.17 bits per heavy atom. The van der Waals surface area contributed by atoms with Crippen molar-refractivity contribution >= 4 is 5.82 Å². The molecule has 0 aromatic carbocycles. The van der Waals surface area contributed by atoms with Crippen LogP contribution in [0.3, 0.4) is 0 Å². The normalized spacial score (nSPS) is 23.7. The van der Waals surface area contributed by atoms with Crippen molar-refractivity contribution in [2.24, 2.45) is 18.9 Å². The summed E-state index contributed by atoms with van der Waals surface area (Å²) in [5.41, 5.74) is 1.49. The van der Waals surface area contributed by atoms with Gasteiger partial charge in [-0.05, 0) is 25.2 Å². The van der Waals surface area contributed by atoms with Crippen LogP contribution in [-0.2, 0) is 7.05 Å². The van der Waals surface area contributed by atoms with Gasteiger partial charge >= 0.3 is 0 Å². The van der Waals surface area contributed by atoms with E-state index in [-0.39, 0.29) is 0 Å². The highest BCUT2D eigenvalue weighted by atomic mass is 15.3. The maximum absolute atomic E-state index is 9.16. The van der Waals surface area contributed by atoms with Crippen molar-refractivity contribution in [3.05, 3.63) is 11.3 Å². The van der Waals surface area contributed by atoms with Crippen molar-refractivity contribution in [2.75, 3.05) is 11.9 Å². The maximum Gasteiger partial charge on any atom is 0.142 e. The van der Waals surface area contributed by atoms with E-state index in [0.717, 1.165) is 29.9 Å². The fourth-order valence-corrected chi connectivity index (χ4v) is 2.92. The summed E-state index contributed by atoms with van der Waals surface area (Å²) in [4.78, 5) is 0. The first kappa shape index (κ1) is 12.9. The lowest BCUT2D eigenvalue weighted by Gasteiger charge is -2.29. The fourth-order valence-electron chi connectivity index (χ4n) is 2.92. The van der Waals surface area contributed by atoms with Crippen LogP contribution >= 0.6 is 0 Å². The topological polar surface area (TPSA) is 53.6 Å². The van der Waals surface area contributed by atoms with Gasteiger partial charge in [0.05, 0.1) is 5.69 Å². The summed E-state index contributed by atoms with van der Waals surface area (Å²) in [6.07, 6.45) is 5.34. The van der Waals surface area contributed by atoms with Gasteiger partial charge in [0, 0.05) is 13.6 Å². The third-order valence-corrected chi connectivity index (χ3v) is 4.15. The molecule has 1 aromatic rings. The molecule has 1 saturated carbocycles.